The normalized spacial score (nSPS) is 17.6. The molecule has 0 bridgehead atoms. The van der Waals surface area contributed by atoms with Crippen LogP contribution in [0.5, 0.6) is 0 Å². The maximum absolute atomic E-state index is 14.0. The number of anilines is 1. The van der Waals surface area contributed by atoms with Crippen LogP contribution >= 0.6 is 0 Å². The second-order valence-corrected chi connectivity index (χ2v) is 8.79. The van der Waals surface area contributed by atoms with Gasteiger partial charge in [0.1, 0.15) is 5.82 Å². The summed E-state index contributed by atoms with van der Waals surface area (Å²) in [6, 6.07) is 5.11. The highest BCUT2D eigenvalue weighted by Gasteiger charge is 2.40. The molecule has 2 aromatic heterocycles. The monoisotopic (exact) mass is 471 g/mol. The number of hydrogen-bond donors (Lipinski definition) is 0. The first kappa shape index (κ1) is 23.8. The van der Waals surface area contributed by atoms with Crippen LogP contribution in [0.25, 0.3) is 11.3 Å². The van der Waals surface area contributed by atoms with Crippen molar-refractivity contribution in [1.29, 1.82) is 0 Å². The Hall–Kier alpha value is -3.36. The first-order chi connectivity index (χ1) is 16.2. The fourth-order valence-electron chi connectivity index (χ4n) is 4.80. The number of halogens is 3. The molecule has 1 aliphatic rings. The summed E-state index contributed by atoms with van der Waals surface area (Å²) in [6.45, 7) is 3.98. The molecule has 0 N–H and O–H groups in total. The van der Waals surface area contributed by atoms with Crippen molar-refractivity contribution >= 4 is 11.7 Å². The molecule has 0 fully saturated rings. The third kappa shape index (κ3) is 3.93. The number of carbonyl (C=O) groups excluding carboxylic acids is 1. The minimum Gasteiger partial charge on any atom is -0.363 e. The lowest BCUT2D eigenvalue weighted by Crippen LogP contribution is -2.47. The van der Waals surface area contributed by atoms with E-state index in [0.29, 0.717) is 36.2 Å². The number of hydrogen-bond acceptors (Lipinski definition) is 4. The van der Waals surface area contributed by atoms with Crippen LogP contribution in [0.1, 0.15) is 54.3 Å². The van der Waals surface area contributed by atoms with Gasteiger partial charge in [-0.25, -0.2) is 18.2 Å². The third-order valence-corrected chi connectivity index (χ3v) is 6.46. The van der Waals surface area contributed by atoms with Gasteiger partial charge in [-0.15, -0.1) is 0 Å². The zero-order valence-corrected chi connectivity index (χ0v) is 19.9. The molecule has 0 saturated heterocycles. The number of aromatic nitrogens is 3. The number of carbonyl (C=O) groups is 1. The van der Waals surface area contributed by atoms with E-state index in [1.54, 1.807) is 30.1 Å². The molecule has 2 unspecified atom stereocenters. The van der Waals surface area contributed by atoms with E-state index < -0.39 is 17.5 Å². The molecule has 9 heteroatoms. The molecule has 0 spiro atoms. The maximum atomic E-state index is 14.0. The zero-order chi connectivity index (χ0) is 24.7. The average Bonchev–Trinajstić information content (AvgIpc) is 3.15. The highest BCUT2D eigenvalue weighted by Crippen LogP contribution is 2.41. The Bertz CT molecular complexity index is 1200. The molecule has 180 valence electrons. The first-order valence-corrected chi connectivity index (χ1v) is 11.3. The van der Waals surface area contributed by atoms with E-state index in [4.69, 9.17) is 0 Å². The summed E-state index contributed by atoms with van der Waals surface area (Å²) in [4.78, 5) is 21.7. The molecular weight excluding hydrogens is 443 g/mol. The molecule has 6 nitrogen and oxygen atoms in total. The van der Waals surface area contributed by atoms with Crippen molar-refractivity contribution < 1.29 is 18.0 Å². The summed E-state index contributed by atoms with van der Waals surface area (Å²) in [6.07, 6.45) is 3.36. The maximum Gasteiger partial charge on any atom is 0.256 e. The van der Waals surface area contributed by atoms with Gasteiger partial charge in [-0.2, -0.15) is 5.10 Å². The summed E-state index contributed by atoms with van der Waals surface area (Å²) >= 11 is 0. The predicted molar refractivity (Wildman–Crippen MR) is 124 cm³/mol. The molecule has 34 heavy (non-hydrogen) atoms. The molecule has 4 rings (SSSR count). The number of pyridine rings is 1. The van der Waals surface area contributed by atoms with Crippen molar-refractivity contribution in [3.63, 3.8) is 0 Å². The molecule has 3 aromatic rings. The second kappa shape index (κ2) is 9.12. The quantitative estimate of drug-likeness (QED) is 0.497. The Balaban J connectivity index is 1.78. The van der Waals surface area contributed by atoms with Gasteiger partial charge in [-0.3, -0.25) is 9.48 Å². The van der Waals surface area contributed by atoms with Gasteiger partial charge in [0.25, 0.3) is 5.91 Å². The highest BCUT2D eigenvalue weighted by molar-refractivity contribution is 5.95. The van der Waals surface area contributed by atoms with Gasteiger partial charge >= 0.3 is 0 Å². The SMILES string of the molecule is CCC1Cc2c(nn(C)c2-c2cc(F)c(F)c(F)c2)C(CC)N1C(=O)c1ccc(N(C)C)nc1. The van der Waals surface area contributed by atoms with E-state index in [1.165, 1.54) is 0 Å². The van der Waals surface area contributed by atoms with Crippen molar-refractivity contribution in [3.05, 3.63) is 64.7 Å². The number of amides is 1. The second-order valence-electron chi connectivity index (χ2n) is 8.79. The van der Waals surface area contributed by atoms with Gasteiger partial charge in [-0.05, 0) is 43.5 Å². The average molecular weight is 472 g/mol. The lowest BCUT2D eigenvalue weighted by molar-refractivity contribution is 0.0512. The van der Waals surface area contributed by atoms with Crippen LogP contribution in [0.2, 0.25) is 0 Å². The van der Waals surface area contributed by atoms with Gasteiger partial charge in [0.2, 0.25) is 0 Å². The van der Waals surface area contributed by atoms with Gasteiger partial charge in [0.05, 0.1) is 23.0 Å². The number of nitrogens with zero attached hydrogens (tertiary/aromatic N) is 5. The van der Waals surface area contributed by atoms with Crippen molar-refractivity contribution in [1.82, 2.24) is 19.7 Å². The molecule has 1 aromatic carbocycles. The molecule has 0 radical (unpaired) electrons. The standard InChI is InChI=1S/C25H28F3N5O/c1-6-16-12-17-23(30-32(5)24(17)15-10-18(26)22(28)19(27)11-15)20(7-2)33(16)25(34)14-8-9-21(29-13-14)31(3)4/h8-11,13,16,20H,6-7,12H2,1-5H3. The lowest BCUT2D eigenvalue weighted by Gasteiger charge is -2.41. The van der Waals surface area contributed by atoms with Gasteiger partial charge in [0.15, 0.2) is 17.5 Å². The number of fused-ring (bicyclic) bond motifs is 1. The van der Waals surface area contributed by atoms with Gasteiger partial charge < -0.3 is 9.80 Å². The van der Waals surface area contributed by atoms with E-state index in [1.807, 2.05) is 37.7 Å². The van der Waals surface area contributed by atoms with Crippen LogP contribution < -0.4 is 4.90 Å². The Kier molecular flexibility index (Phi) is 6.38. The predicted octanol–water partition coefficient (Wildman–Crippen LogP) is 4.89. The van der Waals surface area contributed by atoms with Crippen molar-refractivity contribution in [3.8, 4) is 11.3 Å². The Labute approximate surface area is 197 Å². The molecule has 0 saturated carbocycles. The molecule has 0 aliphatic carbocycles. The largest absolute Gasteiger partial charge is 0.363 e. The Morgan fingerprint density at radius 3 is 2.32 bits per heavy atom. The van der Waals surface area contributed by atoms with E-state index in [0.717, 1.165) is 23.5 Å². The summed E-state index contributed by atoms with van der Waals surface area (Å²) in [7, 11) is 5.46. The van der Waals surface area contributed by atoms with E-state index >= 15 is 0 Å². The number of benzene rings is 1. The smallest absolute Gasteiger partial charge is 0.256 e. The topological polar surface area (TPSA) is 54.3 Å². The van der Waals surface area contributed by atoms with Crippen LogP contribution in [0, 0.1) is 17.5 Å². The zero-order valence-electron chi connectivity index (χ0n) is 19.9. The first-order valence-electron chi connectivity index (χ1n) is 11.3. The van der Waals surface area contributed by atoms with Crippen molar-refractivity contribution in [2.24, 2.45) is 7.05 Å². The minimum atomic E-state index is -1.50. The Morgan fingerprint density at radius 1 is 1.12 bits per heavy atom. The fourth-order valence-corrected chi connectivity index (χ4v) is 4.80. The van der Waals surface area contributed by atoms with Crippen LogP contribution in [-0.2, 0) is 13.5 Å². The van der Waals surface area contributed by atoms with Crippen LogP contribution in [0.15, 0.2) is 30.5 Å². The third-order valence-electron chi connectivity index (χ3n) is 6.46. The van der Waals surface area contributed by atoms with E-state index in [-0.39, 0.29) is 23.6 Å². The lowest BCUT2D eigenvalue weighted by atomic mass is 9.87. The Morgan fingerprint density at radius 2 is 1.79 bits per heavy atom. The fraction of sp³-hybridized carbons (Fsp3) is 0.400. The molecular formula is C25H28F3N5O. The molecule has 2 atom stereocenters. The molecule has 3 heterocycles. The number of aryl methyl sites for hydroxylation is 1. The molecule has 1 amide bonds. The summed E-state index contributed by atoms with van der Waals surface area (Å²) in [5.41, 5.74) is 2.77. The van der Waals surface area contributed by atoms with Crippen LogP contribution in [-0.4, -0.2) is 45.7 Å². The highest BCUT2D eigenvalue weighted by atomic mass is 19.2. The van der Waals surface area contributed by atoms with Crippen LogP contribution in [0.4, 0.5) is 19.0 Å². The number of rotatable bonds is 5. The van der Waals surface area contributed by atoms with Gasteiger partial charge in [-0.1, -0.05) is 13.8 Å². The minimum absolute atomic E-state index is 0.131. The van der Waals surface area contributed by atoms with Crippen LogP contribution in [0.3, 0.4) is 0 Å². The van der Waals surface area contributed by atoms with Gasteiger partial charge in [0, 0.05) is 44.5 Å². The molecule has 1 aliphatic heterocycles. The van der Waals surface area contributed by atoms with Crippen molar-refractivity contribution in [2.45, 2.75) is 45.2 Å². The van der Waals surface area contributed by atoms with Crippen molar-refractivity contribution in [2.75, 3.05) is 19.0 Å². The summed E-state index contributed by atoms with van der Waals surface area (Å²) in [5, 5.41) is 4.66. The summed E-state index contributed by atoms with van der Waals surface area (Å²) < 4.78 is 43.2. The summed E-state index contributed by atoms with van der Waals surface area (Å²) in [5.74, 6) is -3.36. The van der Waals surface area contributed by atoms with E-state index in [9.17, 15) is 18.0 Å². The van der Waals surface area contributed by atoms with E-state index in [2.05, 4.69) is 10.1 Å².